The minimum Gasteiger partial charge on any atom is -0.489 e. The topological polar surface area (TPSA) is 75.6 Å². The van der Waals surface area contributed by atoms with E-state index in [9.17, 15) is 22.8 Å². The number of aryl methyl sites for hydroxylation is 3. The quantitative estimate of drug-likeness (QED) is 0.268. The molecule has 0 aliphatic heterocycles. The molecule has 0 aliphatic rings. The Kier molecular flexibility index (Phi) is 9.55. The molecule has 1 unspecified atom stereocenters. The van der Waals surface area contributed by atoms with Crippen LogP contribution in [0.15, 0.2) is 48.5 Å². The number of carbonyl (C=O) groups is 2. The predicted octanol–water partition coefficient (Wildman–Crippen LogP) is 6.83. The Morgan fingerprint density at radius 1 is 0.947 bits per heavy atom. The summed E-state index contributed by atoms with van der Waals surface area (Å²) in [7, 11) is 0. The van der Waals surface area contributed by atoms with E-state index >= 15 is 0 Å². The first-order valence-electron chi connectivity index (χ1n) is 12.4. The number of benzene rings is 3. The molecule has 0 saturated carbocycles. The van der Waals surface area contributed by atoms with Gasteiger partial charge in [-0.1, -0.05) is 49.2 Å². The van der Waals surface area contributed by atoms with Crippen molar-refractivity contribution in [2.45, 2.75) is 59.6 Å². The summed E-state index contributed by atoms with van der Waals surface area (Å²) in [4.78, 5) is 24.7. The third-order valence-electron chi connectivity index (χ3n) is 6.06. The van der Waals surface area contributed by atoms with Crippen LogP contribution in [0.1, 0.15) is 70.9 Å². The van der Waals surface area contributed by atoms with Crippen molar-refractivity contribution in [2.75, 3.05) is 0 Å². The predicted molar refractivity (Wildman–Crippen MR) is 139 cm³/mol. The van der Waals surface area contributed by atoms with Gasteiger partial charge < -0.3 is 15.2 Å². The molecule has 0 heterocycles. The Balaban J connectivity index is 1.91. The minimum absolute atomic E-state index is 0.112. The zero-order valence-corrected chi connectivity index (χ0v) is 21.9. The number of nitrogens with one attached hydrogen (secondary N) is 1. The number of ether oxygens (including phenoxy) is 1. The number of amides is 1. The molecule has 3 rings (SSSR count). The lowest BCUT2D eigenvalue weighted by Gasteiger charge is -2.23. The van der Waals surface area contributed by atoms with E-state index in [1.54, 1.807) is 6.07 Å². The van der Waals surface area contributed by atoms with Crippen LogP contribution in [-0.4, -0.2) is 17.0 Å². The maximum absolute atomic E-state index is 14.1. The van der Waals surface area contributed by atoms with Crippen LogP contribution < -0.4 is 10.1 Å². The van der Waals surface area contributed by atoms with Gasteiger partial charge in [-0.3, -0.25) is 9.59 Å². The first kappa shape index (κ1) is 28.8. The number of carboxylic acid groups (broad SMARTS) is 1. The second kappa shape index (κ2) is 12.6. The van der Waals surface area contributed by atoms with E-state index in [-0.39, 0.29) is 41.7 Å². The second-order valence-corrected chi connectivity index (χ2v) is 9.94. The molecule has 3 aromatic carbocycles. The molecule has 2 N–H and O–H groups in total. The molecule has 202 valence electrons. The van der Waals surface area contributed by atoms with Crippen LogP contribution in [0.3, 0.4) is 0 Å². The summed E-state index contributed by atoms with van der Waals surface area (Å²) in [5, 5.41) is 12.3. The van der Waals surface area contributed by atoms with Crippen molar-refractivity contribution < 1.29 is 32.6 Å². The Morgan fingerprint density at radius 3 is 2.26 bits per heavy atom. The van der Waals surface area contributed by atoms with E-state index in [1.165, 1.54) is 12.1 Å². The van der Waals surface area contributed by atoms with E-state index in [2.05, 4.69) is 25.2 Å². The van der Waals surface area contributed by atoms with Crippen molar-refractivity contribution in [3.05, 3.63) is 99.4 Å². The lowest BCUT2D eigenvalue weighted by Crippen LogP contribution is -2.30. The summed E-state index contributed by atoms with van der Waals surface area (Å²) in [5.41, 5.74) is 3.52. The number of hydrogen-bond acceptors (Lipinski definition) is 3. The highest BCUT2D eigenvalue weighted by molar-refractivity contribution is 5.96. The van der Waals surface area contributed by atoms with Crippen molar-refractivity contribution in [1.82, 2.24) is 5.32 Å². The molecule has 0 spiro atoms. The molecule has 0 aromatic heterocycles. The average molecular weight is 528 g/mol. The average Bonchev–Trinajstić information content (AvgIpc) is 2.82. The van der Waals surface area contributed by atoms with Gasteiger partial charge in [0.1, 0.15) is 18.2 Å². The van der Waals surface area contributed by atoms with Gasteiger partial charge in [0, 0.05) is 23.6 Å². The molecule has 1 amide bonds. The standard InChI is InChI=1S/C30H32F3NO4/c1-17(2)9-27(21-11-18(3)10-19(4)12-21)34-30(37)25-15-24(7-5-20(25)6-8-28(35)36)38-16-22-13-23(31)14-26(32)29(22)33/h5,7,10-15,17,27H,6,8-9,16H2,1-4H3,(H,34,37)(H,35,36). The van der Waals surface area contributed by atoms with Gasteiger partial charge >= 0.3 is 5.97 Å². The molecule has 3 aromatic rings. The van der Waals surface area contributed by atoms with E-state index in [0.29, 0.717) is 18.1 Å². The van der Waals surface area contributed by atoms with E-state index in [4.69, 9.17) is 9.84 Å². The van der Waals surface area contributed by atoms with Crippen molar-refractivity contribution in [3.63, 3.8) is 0 Å². The van der Waals surface area contributed by atoms with Crippen molar-refractivity contribution in [1.29, 1.82) is 0 Å². The number of rotatable bonds is 11. The van der Waals surface area contributed by atoms with Crippen LogP contribution in [0.25, 0.3) is 0 Å². The van der Waals surface area contributed by atoms with Gasteiger partial charge in [0.15, 0.2) is 11.6 Å². The highest BCUT2D eigenvalue weighted by Crippen LogP contribution is 2.27. The van der Waals surface area contributed by atoms with E-state index in [1.807, 2.05) is 26.0 Å². The van der Waals surface area contributed by atoms with Gasteiger partial charge in [0.2, 0.25) is 0 Å². The molecule has 1 atom stereocenters. The Hall–Kier alpha value is -3.81. The number of halogens is 3. The molecule has 0 radical (unpaired) electrons. The fourth-order valence-electron chi connectivity index (χ4n) is 4.39. The van der Waals surface area contributed by atoms with Crippen molar-refractivity contribution in [2.24, 2.45) is 5.92 Å². The fourth-order valence-corrected chi connectivity index (χ4v) is 4.39. The van der Waals surface area contributed by atoms with Crippen molar-refractivity contribution in [3.8, 4) is 5.75 Å². The summed E-state index contributed by atoms with van der Waals surface area (Å²) in [6.45, 7) is 7.63. The summed E-state index contributed by atoms with van der Waals surface area (Å²) < 4.78 is 46.7. The summed E-state index contributed by atoms with van der Waals surface area (Å²) >= 11 is 0. The maximum atomic E-state index is 14.1. The molecular formula is C30H32F3NO4. The smallest absolute Gasteiger partial charge is 0.303 e. The van der Waals surface area contributed by atoms with Crippen LogP contribution in [0, 0.1) is 37.2 Å². The van der Waals surface area contributed by atoms with Gasteiger partial charge in [0.05, 0.1) is 6.04 Å². The monoisotopic (exact) mass is 527 g/mol. The lowest BCUT2D eigenvalue weighted by atomic mass is 9.93. The van der Waals surface area contributed by atoms with Crippen LogP contribution in [0.4, 0.5) is 13.2 Å². The van der Waals surface area contributed by atoms with Gasteiger partial charge in [-0.25, -0.2) is 13.2 Å². The molecule has 0 fully saturated rings. The molecule has 0 bridgehead atoms. The normalized spacial score (nSPS) is 11.9. The highest BCUT2D eigenvalue weighted by Gasteiger charge is 2.21. The SMILES string of the molecule is Cc1cc(C)cc(C(CC(C)C)NC(=O)c2cc(OCc3cc(F)cc(F)c3F)ccc2CCC(=O)O)c1. The lowest BCUT2D eigenvalue weighted by molar-refractivity contribution is -0.136. The van der Waals surface area contributed by atoms with Crippen LogP contribution >= 0.6 is 0 Å². The number of hydrogen-bond donors (Lipinski definition) is 2. The zero-order valence-electron chi connectivity index (χ0n) is 21.9. The molecule has 38 heavy (non-hydrogen) atoms. The first-order valence-corrected chi connectivity index (χ1v) is 12.4. The van der Waals surface area contributed by atoms with E-state index < -0.39 is 35.9 Å². The Bertz CT molecular complexity index is 1300. The second-order valence-electron chi connectivity index (χ2n) is 9.94. The summed E-state index contributed by atoms with van der Waals surface area (Å²) in [6, 6.07) is 11.6. The third-order valence-corrected chi connectivity index (χ3v) is 6.06. The highest BCUT2D eigenvalue weighted by atomic mass is 19.2. The molecule has 5 nitrogen and oxygen atoms in total. The first-order chi connectivity index (χ1) is 17.9. The maximum Gasteiger partial charge on any atom is 0.303 e. The minimum atomic E-state index is -1.32. The summed E-state index contributed by atoms with van der Waals surface area (Å²) in [6.07, 6.45) is 0.612. The Labute approximate surface area is 220 Å². The Morgan fingerprint density at radius 2 is 1.63 bits per heavy atom. The van der Waals surface area contributed by atoms with E-state index in [0.717, 1.165) is 22.8 Å². The molecule has 0 saturated heterocycles. The molecule has 8 heteroatoms. The summed E-state index contributed by atoms with van der Waals surface area (Å²) in [5.74, 6) is -4.44. The molecule has 0 aliphatic carbocycles. The van der Waals surface area contributed by atoms with Gasteiger partial charge in [-0.05, 0) is 61.9 Å². The van der Waals surface area contributed by atoms with Crippen molar-refractivity contribution >= 4 is 11.9 Å². The third kappa shape index (κ3) is 7.84. The van der Waals surface area contributed by atoms with Crippen LogP contribution in [0.5, 0.6) is 5.75 Å². The zero-order chi connectivity index (χ0) is 28.0. The number of carbonyl (C=O) groups excluding carboxylic acids is 1. The van der Waals surface area contributed by atoms with Gasteiger partial charge in [-0.15, -0.1) is 0 Å². The van der Waals surface area contributed by atoms with Crippen LogP contribution in [-0.2, 0) is 17.8 Å². The van der Waals surface area contributed by atoms with Gasteiger partial charge in [-0.2, -0.15) is 0 Å². The number of aliphatic carboxylic acids is 1. The fraction of sp³-hybridized carbons (Fsp3) is 0.333. The van der Waals surface area contributed by atoms with Crippen LogP contribution in [0.2, 0.25) is 0 Å². The number of carboxylic acids is 1. The van der Waals surface area contributed by atoms with Gasteiger partial charge in [0.25, 0.3) is 5.91 Å². The molecular weight excluding hydrogens is 495 g/mol. The largest absolute Gasteiger partial charge is 0.489 e.